The van der Waals surface area contributed by atoms with Crippen molar-refractivity contribution in [3.8, 4) is 0 Å². The number of carboxylic acids is 2. The molecule has 4 aliphatic rings. The number of amides is 12. The number of ketones is 5. The van der Waals surface area contributed by atoms with Crippen LogP contribution in [0.5, 0.6) is 0 Å². The third-order valence-electron chi connectivity index (χ3n) is 21.1. The highest BCUT2D eigenvalue weighted by Gasteiger charge is 2.40. The Bertz CT molecular complexity index is 4490. The van der Waals surface area contributed by atoms with Crippen molar-refractivity contribution in [2.45, 2.75) is 198 Å². The molecule has 6 heterocycles. The van der Waals surface area contributed by atoms with Crippen molar-refractivity contribution in [2.24, 2.45) is 41.1 Å². The van der Waals surface area contributed by atoms with Gasteiger partial charge < -0.3 is 78.6 Å². The number of aryl methyl sites for hydroxylation is 2. The molecule has 0 aliphatic carbocycles. The fourth-order valence-electron chi connectivity index (χ4n) is 14.4. The Labute approximate surface area is 709 Å². The summed E-state index contributed by atoms with van der Waals surface area (Å²) in [6, 6.07) is 0.948. The Morgan fingerprint density at radius 1 is 0.570 bits per heavy atom. The summed E-state index contributed by atoms with van der Waals surface area (Å²) in [6.07, 6.45) is -7.19. The Kier molecular flexibility index (Phi) is 36.9. The van der Waals surface area contributed by atoms with E-state index in [1.165, 1.54) is 37.7 Å². The number of hydrogen-bond donors (Lipinski definition) is 12. The van der Waals surface area contributed by atoms with Gasteiger partial charge in [0.2, 0.25) is 70.9 Å². The van der Waals surface area contributed by atoms with E-state index in [9.17, 15) is 76.9 Å². The molecule has 656 valence electrons. The molecule has 11 atom stereocenters. The number of nitrogens with one attached hydrogen (secondary N) is 8. The highest BCUT2D eigenvalue weighted by atomic mass is 32.2. The van der Waals surface area contributed by atoms with Crippen molar-refractivity contribution in [2.75, 3.05) is 54.5 Å². The molecule has 14 N–H and O–H groups in total. The minimum Gasteiger partial charge on any atom is -0.481 e. The maximum Gasteiger partial charge on any atom is 0.304 e. The molecule has 37 nitrogen and oxygen atoms in total. The highest BCUT2D eigenvalue weighted by Crippen LogP contribution is 2.28. The molecule has 41 heteroatoms. The normalized spacial score (nSPS) is 24.8. The van der Waals surface area contributed by atoms with Gasteiger partial charge >= 0.3 is 11.9 Å². The second kappa shape index (κ2) is 46.7. The maximum absolute atomic E-state index is 15.6. The van der Waals surface area contributed by atoms with Gasteiger partial charge in [-0.25, -0.2) is 4.39 Å². The fourth-order valence-corrected chi connectivity index (χ4v) is 17.4. The summed E-state index contributed by atoms with van der Waals surface area (Å²) >= 11 is 2.98. The van der Waals surface area contributed by atoms with Gasteiger partial charge in [-0.1, -0.05) is 49.4 Å². The van der Waals surface area contributed by atoms with Gasteiger partial charge in [0, 0.05) is 166 Å². The van der Waals surface area contributed by atoms with Crippen LogP contribution >= 0.6 is 35.3 Å². The lowest BCUT2D eigenvalue weighted by molar-refractivity contribution is -0.158. The lowest BCUT2D eigenvalue weighted by Gasteiger charge is -2.42. The number of carboxylic acid groups (broad SMARTS) is 2. The Morgan fingerprint density at radius 3 is 1.80 bits per heavy atom. The number of carbonyl (C=O) groups is 19. The number of fused-ring (bicyclic) bond motifs is 25. The molecule has 0 spiro atoms. The first-order valence-corrected chi connectivity index (χ1v) is 43.5. The molecule has 0 radical (unpaired) electrons. The minimum absolute atomic E-state index is 0.0316. The van der Waals surface area contributed by atoms with E-state index in [1.807, 2.05) is 0 Å². The summed E-state index contributed by atoms with van der Waals surface area (Å²) in [4.78, 5) is 279. The van der Waals surface area contributed by atoms with Crippen LogP contribution in [0.15, 0.2) is 60.9 Å². The van der Waals surface area contributed by atoms with E-state index in [1.54, 1.807) is 44.3 Å². The number of H-pyrrole nitrogens is 1. The number of benzene rings is 2. The van der Waals surface area contributed by atoms with Crippen LogP contribution in [0.4, 0.5) is 4.39 Å². The number of aromatic nitrogens is 4. The average Bonchev–Trinajstić information content (AvgIpc) is 1.72. The number of aliphatic carboxylic acids is 2. The van der Waals surface area contributed by atoms with Crippen LogP contribution in [0.2, 0.25) is 0 Å². The summed E-state index contributed by atoms with van der Waals surface area (Å²) in [5, 5.41) is 48.0. The molecule has 4 aromatic rings. The number of carbonyl (C=O) groups excluding carboxylic acids is 17. The number of hydrogen-bond acceptors (Lipinski definition) is 24. The van der Waals surface area contributed by atoms with E-state index in [0.29, 0.717) is 22.0 Å². The van der Waals surface area contributed by atoms with Gasteiger partial charge in [-0.2, -0.15) is 35.3 Å². The lowest BCUT2D eigenvalue weighted by Crippen LogP contribution is -2.59. The number of rotatable bonds is 16. The minimum atomic E-state index is -1.89. The third-order valence-corrected chi connectivity index (χ3v) is 24.3. The second-order valence-electron chi connectivity index (χ2n) is 31.1. The van der Waals surface area contributed by atoms with Crippen LogP contribution in [-0.2, 0) is 117 Å². The van der Waals surface area contributed by atoms with E-state index in [4.69, 9.17) is 11.5 Å². The largest absolute Gasteiger partial charge is 0.481 e. The standard InChI is InChI=1S/C80H105FN16O21S3/c1-44(2)28-58-79(117)88-57(15-19-73(109)110)65(101)34-50(35-74(111)112)78(116)90-61-39-120-26-22-71(107)95-41-94-42-96(43-95)72(108)23-27-121-40-62(75(83)113)91-80(118)59(29-46-8-11-52(81)12-9-46)86-69(105)18-16-63(99)56(87-77(115)49(33-67(61)103)30-51-36-84-55-7-5-4-6-54(51)55)14-13-53-37-97(93-92-53)24-20-48(76(114)89-58)32-64(100)47(10-17-68(82)104)31-66(102)60(85-45(3)98)38-119-25-21-70(94)106/h4-9,11-12,36-37,44,47-50,56-62,84H,10,13-35,38-43H2,1-3H3,(H2,82,104)(H2,83,113)(H,85,98)(H,86,105)(H,87,115)(H,88,117)(H,89,114)(H,90,116)(H,91,118)(H,109,110)(H,111,112)/t47-,48-,49-,50+,56+,57+,58+,59+,60+,61+,62+/m1/s1. The zero-order valence-corrected chi connectivity index (χ0v) is 70.0. The van der Waals surface area contributed by atoms with E-state index in [2.05, 4.69) is 52.5 Å². The summed E-state index contributed by atoms with van der Waals surface area (Å²) < 4.78 is 15.6. The van der Waals surface area contributed by atoms with Gasteiger partial charge in [0.1, 0.15) is 29.7 Å². The quantitative estimate of drug-likeness (QED) is 0.0734. The van der Waals surface area contributed by atoms with Crippen molar-refractivity contribution < 1.29 is 106 Å². The molecule has 121 heavy (non-hydrogen) atoms. The van der Waals surface area contributed by atoms with Crippen molar-refractivity contribution in [3.05, 3.63) is 83.6 Å². The first-order valence-electron chi connectivity index (χ1n) is 40.0. The van der Waals surface area contributed by atoms with Crippen LogP contribution in [0.25, 0.3) is 10.9 Å². The summed E-state index contributed by atoms with van der Waals surface area (Å²) in [5.74, 6) is -26.0. The van der Waals surface area contributed by atoms with E-state index in [-0.39, 0.29) is 112 Å². The predicted molar refractivity (Wildman–Crippen MR) is 438 cm³/mol. The monoisotopic (exact) mass is 1740 g/mol. The highest BCUT2D eigenvalue weighted by molar-refractivity contribution is 7.99. The molecule has 0 saturated carbocycles. The molecular formula is C80H105FN16O21S3. The number of halogens is 1. The second-order valence-corrected chi connectivity index (χ2v) is 34.5. The van der Waals surface area contributed by atoms with Gasteiger partial charge in [-0.15, -0.1) is 5.10 Å². The van der Waals surface area contributed by atoms with Gasteiger partial charge in [-0.05, 0) is 80.2 Å². The molecule has 12 amide bonds. The number of para-hydroxylation sites is 1. The molecule has 2 aromatic carbocycles. The van der Waals surface area contributed by atoms with Crippen molar-refractivity contribution in [3.63, 3.8) is 0 Å². The SMILES string of the molecule is CC(=O)N[C@H]1CSCCC(=O)N2CN3CN(C2)C(=O)CCSC[C@@H]2NC(=O)[C@H](CC(=O)O)CC(=O)[C@H](CCC(=O)O)NC(=O)[C@H](CC(C)C)NC(=O)[C@H](CCn4cc(nn4)CC[C@H](NC(=O)[C@H](Cc4c[nH]c5ccccc45)CC2=O)C(=O)CCC(=O)N[C@@H](Cc2ccc(F)cc2)C(=O)N[C@H](C(N)=O)CSCCC3=O)CC(=O)[C@H](CCC(N)=O)CC1=O. The Morgan fingerprint density at radius 2 is 1.17 bits per heavy atom. The molecule has 2 aromatic heterocycles. The number of nitrogens with two attached hydrogens (primary N) is 2. The fraction of sp³-hybridized carbons (Fsp3) is 0.562. The molecule has 0 unspecified atom stereocenters. The maximum atomic E-state index is 15.6. The van der Waals surface area contributed by atoms with Crippen molar-refractivity contribution in [1.82, 2.24) is 71.9 Å². The smallest absolute Gasteiger partial charge is 0.304 e. The zero-order chi connectivity index (χ0) is 88.1. The van der Waals surface area contributed by atoms with Gasteiger partial charge in [0.15, 0.2) is 23.1 Å². The molecule has 8 bridgehead atoms. The summed E-state index contributed by atoms with van der Waals surface area (Å²) in [5.41, 5.74) is 13.1. The number of thioether (sulfide) groups is 3. The number of nitrogens with zero attached hydrogens (tertiary/aromatic N) is 6. The first-order chi connectivity index (χ1) is 57.5. The predicted octanol–water partition coefficient (Wildman–Crippen LogP) is 0.690. The van der Waals surface area contributed by atoms with Crippen molar-refractivity contribution in [1.29, 1.82) is 0 Å². The van der Waals surface area contributed by atoms with Gasteiger partial charge in [0.05, 0.1) is 62.2 Å². The van der Waals surface area contributed by atoms with Crippen LogP contribution in [0, 0.1) is 35.4 Å². The van der Waals surface area contributed by atoms with E-state index in [0.717, 1.165) is 54.3 Å². The molecule has 4 aliphatic heterocycles. The molecule has 8 rings (SSSR count). The third kappa shape index (κ3) is 30.6. The Hall–Kier alpha value is -11.0. The van der Waals surface area contributed by atoms with Gasteiger partial charge in [-0.3, -0.25) is 95.8 Å². The van der Waals surface area contributed by atoms with E-state index < -0.39 is 273 Å². The summed E-state index contributed by atoms with van der Waals surface area (Å²) in [6.45, 7) is 3.11. The lowest BCUT2D eigenvalue weighted by atomic mass is 9.85. The number of Topliss-reactive ketones (excluding diaryl/α,β-unsaturated/α-hetero) is 5. The summed E-state index contributed by atoms with van der Waals surface area (Å²) in [7, 11) is 0. The average molecular weight is 1740 g/mol. The van der Waals surface area contributed by atoms with Crippen LogP contribution in [0.1, 0.15) is 147 Å². The topological polar surface area (TPSA) is 557 Å². The Balaban J connectivity index is 1.32. The van der Waals surface area contributed by atoms with Crippen LogP contribution < -0.4 is 48.7 Å². The van der Waals surface area contributed by atoms with E-state index >= 15 is 28.8 Å². The van der Waals surface area contributed by atoms with Crippen molar-refractivity contribution >= 4 is 158 Å². The van der Waals surface area contributed by atoms with Crippen LogP contribution in [0.3, 0.4) is 0 Å². The number of primary amides is 2. The molecular weight excluding hydrogens is 1640 g/mol. The molecule has 3 fully saturated rings. The zero-order valence-electron chi connectivity index (χ0n) is 67.5. The first kappa shape index (κ1) is 95.5. The number of aromatic amines is 1. The van der Waals surface area contributed by atoms with Gasteiger partial charge in [0.25, 0.3) is 0 Å². The van der Waals surface area contributed by atoms with Crippen LogP contribution in [-0.4, -0.2) is 253 Å². The molecule has 3 saturated heterocycles.